The third kappa shape index (κ3) is 3.19. The fourth-order valence-electron chi connectivity index (χ4n) is 2.82. The Morgan fingerprint density at radius 3 is 2.77 bits per heavy atom. The van der Waals surface area contributed by atoms with E-state index >= 15 is 0 Å². The standard InChI is InChI=1S/C15H20F2N4O/c1-2-3-8-20-9-6-11(7-10-20)22-15-12(16)4-5-13-14(15)19-21(17)18-13/h4-5,11H,2-3,6-10H2,1H3. The lowest BCUT2D eigenvalue weighted by atomic mass is 10.1. The highest BCUT2D eigenvalue weighted by Crippen LogP contribution is 2.29. The fourth-order valence-corrected chi connectivity index (χ4v) is 2.82. The average Bonchev–Trinajstić information content (AvgIpc) is 2.90. The van der Waals surface area contributed by atoms with E-state index in [9.17, 15) is 8.87 Å². The van der Waals surface area contributed by atoms with Gasteiger partial charge >= 0.3 is 0 Å². The van der Waals surface area contributed by atoms with Crippen LogP contribution in [0.2, 0.25) is 0 Å². The summed E-state index contributed by atoms with van der Waals surface area (Å²) in [5.41, 5.74) is 0.426. The van der Waals surface area contributed by atoms with Gasteiger partial charge in [-0.2, -0.15) is 0 Å². The van der Waals surface area contributed by atoms with E-state index in [0.717, 1.165) is 32.5 Å². The second kappa shape index (κ2) is 6.56. The molecule has 0 unspecified atom stereocenters. The zero-order valence-corrected chi connectivity index (χ0v) is 12.6. The van der Waals surface area contributed by atoms with Crippen molar-refractivity contribution < 1.29 is 13.6 Å². The van der Waals surface area contributed by atoms with Crippen molar-refractivity contribution in [3.63, 3.8) is 0 Å². The van der Waals surface area contributed by atoms with E-state index in [-0.39, 0.29) is 22.4 Å². The molecule has 120 valence electrons. The van der Waals surface area contributed by atoms with Crippen molar-refractivity contribution in [2.75, 3.05) is 19.6 Å². The first-order valence-electron chi connectivity index (χ1n) is 7.78. The molecule has 0 bridgehead atoms. The van der Waals surface area contributed by atoms with Crippen LogP contribution in [-0.4, -0.2) is 45.9 Å². The summed E-state index contributed by atoms with van der Waals surface area (Å²) in [5.74, 6) is -0.519. The van der Waals surface area contributed by atoms with Gasteiger partial charge in [0.2, 0.25) is 0 Å². The number of unbranched alkanes of at least 4 members (excludes halogenated alkanes) is 1. The first-order valence-corrected chi connectivity index (χ1v) is 7.78. The molecule has 1 aromatic carbocycles. The molecule has 22 heavy (non-hydrogen) atoms. The smallest absolute Gasteiger partial charge is 0.185 e. The van der Waals surface area contributed by atoms with E-state index in [4.69, 9.17) is 4.74 Å². The Kier molecular flexibility index (Phi) is 4.52. The van der Waals surface area contributed by atoms with Gasteiger partial charge in [0.15, 0.2) is 17.1 Å². The van der Waals surface area contributed by atoms with Gasteiger partial charge in [-0.1, -0.05) is 17.8 Å². The molecule has 1 aliphatic rings. The van der Waals surface area contributed by atoms with Gasteiger partial charge in [-0.25, -0.2) is 4.39 Å². The third-order valence-corrected chi connectivity index (χ3v) is 4.08. The molecule has 3 rings (SSSR count). The van der Waals surface area contributed by atoms with E-state index in [0.29, 0.717) is 5.52 Å². The largest absolute Gasteiger partial charge is 0.485 e. The molecule has 1 saturated heterocycles. The number of rotatable bonds is 5. The molecule has 0 aliphatic carbocycles. The van der Waals surface area contributed by atoms with Gasteiger partial charge in [-0.15, -0.1) is 10.2 Å². The molecule has 0 atom stereocenters. The summed E-state index contributed by atoms with van der Waals surface area (Å²) >= 11 is 0. The normalized spacial score (nSPS) is 17.2. The predicted molar refractivity (Wildman–Crippen MR) is 79.0 cm³/mol. The van der Waals surface area contributed by atoms with Crippen LogP contribution < -0.4 is 4.74 Å². The Labute approximate surface area is 127 Å². The molecule has 0 radical (unpaired) electrons. The second-order valence-electron chi connectivity index (χ2n) is 5.70. The third-order valence-electron chi connectivity index (χ3n) is 4.08. The van der Waals surface area contributed by atoms with Crippen molar-refractivity contribution in [1.82, 2.24) is 20.1 Å². The van der Waals surface area contributed by atoms with Crippen molar-refractivity contribution in [3.05, 3.63) is 17.9 Å². The molecule has 0 spiro atoms. The predicted octanol–water partition coefficient (Wildman–Crippen LogP) is 2.95. The quantitative estimate of drug-likeness (QED) is 0.851. The van der Waals surface area contributed by atoms with Crippen LogP contribution >= 0.6 is 0 Å². The van der Waals surface area contributed by atoms with E-state index in [1.807, 2.05) is 0 Å². The molecule has 2 aromatic rings. The lowest BCUT2D eigenvalue weighted by Gasteiger charge is -2.32. The zero-order chi connectivity index (χ0) is 15.5. The Balaban J connectivity index is 1.68. The highest BCUT2D eigenvalue weighted by molar-refractivity contribution is 5.80. The maximum Gasteiger partial charge on any atom is 0.185 e. The molecule has 1 fully saturated rings. The minimum Gasteiger partial charge on any atom is -0.485 e. The second-order valence-corrected chi connectivity index (χ2v) is 5.70. The summed E-state index contributed by atoms with van der Waals surface area (Å²) in [5, 5.41) is 7.04. The Morgan fingerprint density at radius 1 is 1.27 bits per heavy atom. The summed E-state index contributed by atoms with van der Waals surface area (Å²) in [7, 11) is 0. The SMILES string of the molecule is CCCCN1CCC(Oc2c(F)ccc3nn(F)nc23)CC1. The molecule has 2 heterocycles. The maximum absolute atomic E-state index is 14.0. The van der Waals surface area contributed by atoms with Gasteiger partial charge in [0.1, 0.15) is 11.6 Å². The van der Waals surface area contributed by atoms with Crippen LogP contribution in [0.25, 0.3) is 11.0 Å². The highest BCUT2D eigenvalue weighted by atomic mass is 19.2. The number of benzene rings is 1. The van der Waals surface area contributed by atoms with Gasteiger partial charge in [0.25, 0.3) is 0 Å². The zero-order valence-electron chi connectivity index (χ0n) is 12.6. The van der Waals surface area contributed by atoms with E-state index in [2.05, 4.69) is 22.0 Å². The topological polar surface area (TPSA) is 43.2 Å². The summed E-state index contributed by atoms with van der Waals surface area (Å²) < 4.78 is 32.9. The number of piperidine rings is 1. The molecule has 0 amide bonds. The minimum absolute atomic E-state index is 0.00779. The number of likely N-dealkylation sites (tertiary alicyclic amines) is 1. The van der Waals surface area contributed by atoms with Gasteiger partial charge in [0.05, 0.1) is 0 Å². The highest BCUT2D eigenvalue weighted by Gasteiger charge is 2.23. The Hall–Kier alpha value is -1.76. The average molecular weight is 310 g/mol. The van der Waals surface area contributed by atoms with Gasteiger partial charge in [-0.05, 0) is 43.0 Å². The Bertz CT molecular complexity index is 638. The number of hydrogen-bond donors (Lipinski definition) is 0. The van der Waals surface area contributed by atoms with Gasteiger partial charge in [0, 0.05) is 13.1 Å². The van der Waals surface area contributed by atoms with Crippen LogP contribution in [0.5, 0.6) is 5.75 Å². The number of fused-ring (bicyclic) bond motifs is 1. The minimum atomic E-state index is -0.526. The maximum atomic E-state index is 14.0. The van der Waals surface area contributed by atoms with Crippen LogP contribution in [0, 0.1) is 5.82 Å². The first-order chi connectivity index (χ1) is 10.7. The lowest BCUT2D eigenvalue weighted by molar-refractivity contribution is 0.0975. The molecule has 1 aromatic heterocycles. The van der Waals surface area contributed by atoms with Crippen molar-refractivity contribution in [1.29, 1.82) is 0 Å². The molecule has 0 N–H and O–H groups in total. The molecular weight excluding hydrogens is 290 g/mol. The molecular formula is C15H20F2N4O. The molecule has 1 aliphatic heterocycles. The monoisotopic (exact) mass is 310 g/mol. The number of nitrogens with zero attached hydrogens (tertiary/aromatic N) is 4. The summed E-state index contributed by atoms with van der Waals surface area (Å²) in [6.45, 7) is 5.16. The summed E-state index contributed by atoms with van der Waals surface area (Å²) in [4.78, 5) is 2.40. The number of ether oxygens (including phenoxy) is 1. The lowest BCUT2D eigenvalue weighted by Crippen LogP contribution is -2.38. The van der Waals surface area contributed by atoms with Crippen LogP contribution in [0.15, 0.2) is 12.1 Å². The van der Waals surface area contributed by atoms with Crippen molar-refractivity contribution in [2.45, 2.75) is 38.7 Å². The number of aromatic nitrogens is 3. The Morgan fingerprint density at radius 2 is 2.05 bits per heavy atom. The molecule has 7 heteroatoms. The molecule has 0 saturated carbocycles. The van der Waals surface area contributed by atoms with E-state index in [1.54, 1.807) is 0 Å². The first kappa shape index (κ1) is 15.1. The van der Waals surface area contributed by atoms with Gasteiger partial charge in [-0.3, -0.25) is 0 Å². The van der Waals surface area contributed by atoms with Crippen LogP contribution in [0.1, 0.15) is 32.6 Å². The summed E-state index contributed by atoms with van der Waals surface area (Å²) in [6.07, 6.45) is 3.98. The number of halogens is 2. The van der Waals surface area contributed by atoms with Crippen molar-refractivity contribution in [2.24, 2.45) is 0 Å². The van der Waals surface area contributed by atoms with E-state index in [1.165, 1.54) is 25.0 Å². The van der Waals surface area contributed by atoms with Crippen LogP contribution in [-0.2, 0) is 0 Å². The van der Waals surface area contributed by atoms with Crippen LogP contribution in [0.4, 0.5) is 8.87 Å². The van der Waals surface area contributed by atoms with Crippen molar-refractivity contribution >= 4 is 11.0 Å². The van der Waals surface area contributed by atoms with Crippen molar-refractivity contribution in [3.8, 4) is 5.75 Å². The fraction of sp³-hybridized carbons (Fsp3) is 0.600. The molecule has 5 nitrogen and oxygen atoms in total. The van der Waals surface area contributed by atoms with Crippen LogP contribution in [0.3, 0.4) is 0 Å². The van der Waals surface area contributed by atoms with E-state index < -0.39 is 5.82 Å². The van der Waals surface area contributed by atoms with Gasteiger partial charge < -0.3 is 9.64 Å². The number of hydrogen-bond acceptors (Lipinski definition) is 4. The summed E-state index contributed by atoms with van der Waals surface area (Å²) in [6, 6.07) is 2.64.